The van der Waals surface area contributed by atoms with Crippen LogP contribution in [0.3, 0.4) is 0 Å². The van der Waals surface area contributed by atoms with Gasteiger partial charge in [-0.3, -0.25) is 14.0 Å². The Morgan fingerprint density at radius 3 is 2.58 bits per heavy atom. The van der Waals surface area contributed by atoms with Gasteiger partial charge in [0, 0.05) is 18.4 Å². The smallest absolute Gasteiger partial charge is 0.341 e. The molecule has 0 N–H and O–H groups in total. The first kappa shape index (κ1) is 25.5. The molecule has 0 unspecified atom stereocenters. The van der Waals surface area contributed by atoms with E-state index in [4.69, 9.17) is 14.5 Å². The quantitative estimate of drug-likeness (QED) is 0.297. The molecule has 1 aromatic carbocycles. The van der Waals surface area contributed by atoms with Crippen molar-refractivity contribution in [3.63, 3.8) is 0 Å². The molecule has 1 fully saturated rings. The molecule has 0 aliphatic carbocycles. The van der Waals surface area contributed by atoms with Gasteiger partial charge in [0.25, 0.3) is 11.5 Å². The number of amides is 1. The van der Waals surface area contributed by atoms with E-state index in [0.717, 1.165) is 29.5 Å². The normalized spacial score (nSPS) is 15.9. The molecule has 9 nitrogen and oxygen atoms in total. The van der Waals surface area contributed by atoms with Gasteiger partial charge in [-0.2, -0.15) is 4.99 Å². The average molecular weight is 515 g/mol. The Morgan fingerprint density at radius 2 is 1.89 bits per heavy atom. The molecule has 4 aromatic rings. The number of aryl methyl sites for hydroxylation is 3. The van der Waals surface area contributed by atoms with Gasteiger partial charge in [0.2, 0.25) is 0 Å². The Labute approximate surface area is 219 Å². The third-order valence-corrected chi connectivity index (χ3v) is 6.69. The van der Waals surface area contributed by atoms with Crippen LogP contribution in [0.2, 0.25) is 0 Å². The fourth-order valence-electron chi connectivity index (χ4n) is 4.99. The second kappa shape index (κ2) is 10.3. The van der Waals surface area contributed by atoms with E-state index in [9.17, 15) is 14.4 Å². The van der Waals surface area contributed by atoms with Crippen LogP contribution in [0.25, 0.3) is 16.7 Å². The van der Waals surface area contributed by atoms with Crippen molar-refractivity contribution >= 4 is 28.6 Å². The minimum Gasteiger partial charge on any atom is -0.462 e. The van der Waals surface area contributed by atoms with Crippen LogP contribution in [0, 0.1) is 20.8 Å². The summed E-state index contributed by atoms with van der Waals surface area (Å²) in [5.74, 6) is -1.17. The van der Waals surface area contributed by atoms with Gasteiger partial charge in [0.05, 0.1) is 24.6 Å². The Hall–Kier alpha value is -4.11. The lowest BCUT2D eigenvalue weighted by molar-refractivity contribution is 0.0521. The highest BCUT2D eigenvalue weighted by Gasteiger charge is 2.24. The topological polar surface area (TPSA) is 104 Å². The summed E-state index contributed by atoms with van der Waals surface area (Å²) in [6.07, 6.45) is 3.16. The van der Waals surface area contributed by atoms with Crippen LogP contribution in [-0.4, -0.2) is 45.1 Å². The average Bonchev–Trinajstić information content (AvgIpc) is 3.39. The van der Waals surface area contributed by atoms with Crippen LogP contribution in [0.15, 0.2) is 52.4 Å². The van der Waals surface area contributed by atoms with Crippen LogP contribution < -0.4 is 11.0 Å². The number of aromatic nitrogens is 3. The standard InChI is InChI=1S/C29H30N4O5/c1-5-37-29(36)23-15-22-25(30-24-19(4)8-6-10-32(24)28(22)35)33(16-21-9-7-11-38-21)26(23)31-27(34)20-13-17(2)12-18(3)14-20/h6,8,10,12-15,21H,5,7,9,11,16H2,1-4H3/t21-/m1/s1. The number of carbonyl (C=O) groups is 2. The summed E-state index contributed by atoms with van der Waals surface area (Å²) >= 11 is 0. The van der Waals surface area contributed by atoms with Crippen molar-refractivity contribution in [1.29, 1.82) is 0 Å². The molecule has 4 heterocycles. The summed E-state index contributed by atoms with van der Waals surface area (Å²) in [5.41, 5.74) is 3.70. The molecule has 0 radical (unpaired) electrons. The largest absolute Gasteiger partial charge is 0.462 e. The highest BCUT2D eigenvalue weighted by Crippen LogP contribution is 2.18. The van der Waals surface area contributed by atoms with Crippen LogP contribution >= 0.6 is 0 Å². The minimum atomic E-state index is -0.670. The first-order valence-corrected chi connectivity index (χ1v) is 12.8. The number of nitrogens with zero attached hydrogens (tertiary/aromatic N) is 4. The second-order valence-corrected chi connectivity index (χ2v) is 9.68. The third-order valence-electron chi connectivity index (χ3n) is 6.69. The predicted octanol–water partition coefficient (Wildman–Crippen LogP) is 3.67. The molecule has 0 spiro atoms. The van der Waals surface area contributed by atoms with Crippen molar-refractivity contribution < 1.29 is 19.1 Å². The molecular formula is C29H30N4O5. The summed E-state index contributed by atoms with van der Waals surface area (Å²) in [6, 6.07) is 10.6. The number of pyridine rings is 2. The predicted molar refractivity (Wildman–Crippen MR) is 142 cm³/mol. The molecule has 3 aromatic heterocycles. The van der Waals surface area contributed by atoms with Crippen LogP contribution in [-0.2, 0) is 16.0 Å². The molecule has 9 heteroatoms. The lowest BCUT2D eigenvalue weighted by atomic mass is 10.1. The van der Waals surface area contributed by atoms with Crippen molar-refractivity contribution in [2.24, 2.45) is 4.99 Å². The van der Waals surface area contributed by atoms with Crippen LogP contribution in [0.4, 0.5) is 0 Å². The van der Waals surface area contributed by atoms with Gasteiger partial charge in [-0.1, -0.05) is 23.3 Å². The number of hydrogen-bond acceptors (Lipinski definition) is 6. The summed E-state index contributed by atoms with van der Waals surface area (Å²) in [7, 11) is 0. The van der Waals surface area contributed by atoms with Gasteiger partial charge in [-0.15, -0.1) is 0 Å². The fraction of sp³-hybridized carbons (Fsp3) is 0.345. The monoisotopic (exact) mass is 514 g/mol. The van der Waals surface area contributed by atoms with Gasteiger partial charge in [-0.05, 0) is 70.4 Å². The van der Waals surface area contributed by atoms with Gasteiger partial charge in [-0.25, -0.2) is 9.78 Å². The fourth-order valence-corrected chi connectivity index (χ4v) is 4.99. The number of carbonyl (C=O) groups excluding carboxylic acids is 2. The van der Waals surface area contributed by atoms with Gasteiger partial charge in [0.15, 0.2) is 5.49 Å². The van der Waals surface area contributed by atoms with E-state index in [1.807, 2.05) is 32.9 Å². The van der Waals surface area contributed by atoms with E-state index in [2.05, 4.69) is 4.99 Å². The minimum absolute atomic E-state index is 0.0292. The number of benzene rings is 1. The second-order valence-electron chi connectivity index (χ2n) is 9.68. The first-order chi connectivity index (χ1) is 18.3. The Kier molecular flexibility index (Phi) is 6.94. The van der Waals surface area contributed by atoms with E-state index in [0.29, 0.717) is 23.5 Å². The summed E-state index contributed by atoms with van der Waals surface area (Å²) < 4.78 is 14.4. The van der Waals surface area contributed by atoms with E-state index >= 15 is 0 Å². The zero-order chi connectivity index (χ0) is 27.0. The molecule has 1 atom stereocenters. The van der Waals surface area contributed by atoms with Gasteiger partial charge in [0.1, 0.15) is 16.9 Å². The Bertz CT molecular complexity index is 1690. The molecule has 1 amide bonds. The molecule has 38 heavy (non-hydrogen) atoms. The molecule has 1 aliphatic rings. The molecular weight excluding hydrogens is 484 g/mol. The number of ether oxygens (including phenoxy) is 2. The number of esters is 1. The lowest BCUT2D eigenvalue weighted by Crippen LogP contribution is -2.35. The summed E-state index contributed by atoms with van der Waals surface area (Å²) in [6.45, 7) is 8.41. The van der Waals surface area contributed by atoms with E-state index < -0.39 is 11.9 Å². The molecule has 1 aliphatic heterocycles. The molecule has 1 saturated heterocycles. The van der Waals surface area contributed by atoms with Crippen molar-refractivity contribution in [2.75, 3.05) is 13.2 Å². The maximum atomic E-state index is 13.6. The Balaban J connectivity index is 1.88. The highest BCUT2D eigenvalue weighted by molar-refractivity contribution is 5.97. The molecule has 0 bridgehead atoms. The molecule has 0 saturated carbocycles. The maximum Gasteiger partial charge on any atom is 0.341 e. The van der Waals surface area contributed by atoms with E-state index in [1.54, 1.807) is 35.9 Å². The van der Waals surface area contributed by atoms with E-state index in [1.165, 1.54) is 10.5 Å². The van der Waals surface area contributed by atoms with Crippen LogP contribution in [0.5, 0.6) is 0 Å². The zero-order valence-corrected chi connectivity index (χ0v) is 22.0. The third kappa shape index (κ3) is 4.77. The summed E-state index contributed by atoms with van der Waals surface area (Å²) in [5, 5.41) is 0.229. The van der Waals surface area contributed by atoms with Crippen molar-refractivity contribution in [2.45, 2.75) is 53.2 Å². The number of fused-ring (bicyclic) bond motifs is 2. The van der Waals surface area contributed by atoms with Crippen molar-refractivity contribution in [3.05, 3.63) is 86.3 Å². The highest BCUT2D eigenvalue weighted by atomic mass is 16.5. The van der Waals surface area contributed by atoms with Gasteiger partial charge < -0.3 is 14.0 Å². The first-order valence-electron chi connectivity index (χ1n) is 12.8. The SMILES string of the molecule is CCOC(=O)c1cc2c(=O)n3cccc(C)c3nc2n(C[C@H]2CCCO2)c1=NC(=O)c1cc(C)cc(C)c1. The van der Waals surface area contributed by atoms with Crippen molar-refractivity contribution in [3.8, 4) is 0 Å². The Morgan fingerprint density at radius 1 is 1.13 bits per heavy atom. The van der Waals surface area contributed by atoms with Crippen LogP contribution in [0.1, 0.15) is 57.2 Å². The van der Waals surface area contributed by atoms with Gasteiger partial charge >= 0.3 is 5.97 Å². The van der Waals surface area contributed by atoms with Crippen molar-refractivity contribution in [1.82, 2.24) is 14.0 Å². The summed E-state index contributed by atoms with van der Waals surface area (Å²) in [4.78, 5) is 49.6. The molecule has 5 rings (SSSR count). The zero-order valence-electron chi connectivity index (χ0n) is 22.0. The van der Waals surface area contributed by atoms with E-state index in [-0.39, 0.29) is 41.3 Å². The lowest BCUT2D eigenvalue weighted by Gasteiger charge is -2.18. The number of rotatable bonds is 5. The molecule has 196 valence electrons. The number of hydrogen-bond donors (Lipinski definition) is 0. The maximum absolute atomic E-state index is 13.6.